The number of carbonyl (C=O) groups excluding carboxylic acids is 2. The van der Waals surface area contributed by atoms with Crippen LogP contribution >= 0.6 is 11.6 Å². The molecule has 0 radical (unpaired) electrons. The highest BCUT2D eigenvalue weighted by molar-refractivity contribution is 6.30. The topological polar surface area (TPSA) is 58.2 Å². The van der Waals surface area contributed by atoms with Gasteiger partial charge in [-0.25, -0.2) is 0 Å². The molecule has 4 nitrogen and oxygen atoms in total. The molecule has 0 saturated heterocycles. The number of likely N-dealkylation sites (N-methyl/N-ethyl adjacent to an activating group) is 1. The number of hydrogen-bond acceptors (Lipinski definition) is 2. The van der Waals surface area contributed by atoms with E-state index in [2.05, 4.69) is 10.6 Å². The minimum atomic E-state index is -0.218. The Labute approximate surface area is 99.0 Å². The standard InChI is InChI=1S/C11H13ClN2O2/c1-13-11(16)7-14-10(15)6-8-2-4-9(12)5-3-8/h2-5H,6-7H2,1H3,(H,13,16)(H,14,15). The van der Waals surface area contributed by atoms with E-state index in [1.807, 2.05) is 0 Å². The molecule has 16 heavy (non-hydrogen) atoms. The molecular formula is C11H13ClN2O2. The minimum Gasteiger partial charge on any atom is -0.358 e. The van der Waals surface area contributed by atoms with Gasteiger partial charge in [0.15, 0.2) is 0 Å². The van der Waals surface area contributed by atoms with Crippen molar-refractivity contribution in [2.75, 3.05) is 13.6 Å². The van der Waals surface area contributed by atoms with Crippen LogP contribution in [-0.4, -0.2) is 25.4 Å². The second-order valence-corrected chi connectivity index (χ2v) is 3.69. The highest BCUT2D eigenvalue weighted by Gasteiger charge is 2.04. The zero-order valence-corrected chi connectivity index (χ0v) is 9.67. The summed E-state index contributed by atoms with van der Waals surface area (Å²) in [5.41, 5.74) is 0.860. The van der Waals surface area contributed by atoms with Gasteiger partial charge in [0, 0.05) is 12.1 Å². The molecule has 0 spiro atoms. The van der Waals surface area contributed by atoms with Crippen molar-refractivity contribution >= 4 is 23.4 Å². The van der Waals surface area contributed by atoms with Gasteiger partial charge >= 0.3 is 0 Å². The number of hydrogen-bond donors (Lipinski definition) is 2. The molecule has 0 unspecified atom stereocenters. The predicted octanol–water partition coefficient (Wildman–Crippen LogP) is 0.745. The van der Waals surface area contributed by atoms with Crippen molar-refractivity contribution in [2.24, 2.45) is 0 Å². The Bertz CT molecular complexity index is 376. The summed E-state index contributed by atoms with van der Waals surface area (Å²) in [6, 6.07) is 7.01. The van der Waals surface area contributed by atoms with Gasteiger partial charge in [-0.05, 0) is 17.7 Å². The molecular weight excluding hydrogens is 228 g/mol. The number of benzene rings is 1. The second-order valence-electron chi connectivity index (χ2n) is 3.25. The van der Waals surface area contributed by atoms with Crippen molar-refractivity contribution < 1.29 is 9.59 Å². The Morgan fingerprint density at radius 3 is 2.38 bits per heavy atom. The molecule has 0 bridgehead atoms. The van der Waals surface area contributed by atoms with Gasteiger partial charge in [0.1, 0.15) is 0 Å². The van der Waals surface area contributed by atoms with Gasteiger partial charge in [-0.15, -0.1) is 0 Å². The molecule has 5 heteroatoms. The van der Waals surface area contributed by atoms with Crippen molar-refractivity contribution in [3.05, 3.63) is 34.9 Å². The molecule has 0 aliphatic heterocycles. The van der Waals surface area contributed by atoms with Crippen LogP contribution in [0.15, 0.2) is 24.3 Å². The van der Waals surface area contributed by atoms with E-state index in [1.165, 1.54) is 7.05 Å². The first-order valence-corrected chi connectivity index (χ1v) is 5.21. The largest absolute Gasteiger partial charge is 0.358 e. The summed E-state index contributed by atoms with van der Waals surface area (Å²) >= 11 is 5.72. The first-order chi connectivity index (χ1) is 7.61. The zero-order valence-electron chi connectivity index (χ0n) is 8.92. The predicted molar refractivity (Wildman–Crippen MR) is 62.2 cm³/mol. The molecule has 2 N–H and O–H groups in total. The molecule has 1 rings (SSSR count). The van der Waals surface area contributed by atoms with Gasteiger partial charge in [-0.2, -0.15) is 0 Å². The number of carbonyl (C=O) groups is 2. The van der Waals surface area contributed by atoms with Crippen LogP contribution in [0.1, 0.15) is 5.56 Å². The maximum absolute atomic E-state index is 11.4. The van der Waals surface area contributed by atoms with Crippen LogP contribution in [0.5, 0.6) is 0 Å². The molecule has 2 amide bonds. The van der Waals surface area contributed by atoms with Gasteiger partial charge < -0.3 is 10.6 Å². The molecule has 0 aliphatic carbocycles. The van der Waals surface area contributed by atoms with Crippen LogP contribution in [0.4, 0.5) is 0 Å². The van der Waals surface area contributed by atoms with Gasteiger partial charge in [0.25, 0.3) is 0 Å². The van der Waals surface area contributed by atoms with E-state index in [1.54, 1.807) is 24.3 Å². The first-order valence-electron chi connectivity index (χ1n) is 4.83. The van der Waals surface area contributed by atoms with Crippen molar-refractivity contribution in [3.63, 3.8) is 0 Å². The Kier molecular flexibility index (Phi) is 4.79. The fraction of sp³-hybridized carbons (Fsp3) is 0.273. The molecule has 0 saturated carbocycles. The third kappa shape index (κ3) is 4.31. The highest BCUT2D eigenvalue weighted by Crippen LogP contribution is 2.09. The van der Waals surface area contributed by atoms with E-state index in [4.69, 9.17) is 11.6 Å². The molecule has 0 fully saturated rings. The van der Waals surface area contributed by atoms with Crippen molar-refractivity contribution in [3.8, 4) is 0 Å². The Morgan fingerprint density at radius 2 is 1.81 bits per heavy atom. The van der Waals surface area contributed by atoms with Crippen molar-refractivity contribution in [1.29, 1.82) is 0 Å². The minimum absolute atomic E-state index is 0.00290. The van der Waals surface area contributed by atoms with E-state index < -0.39 is 0 Å². The lowest BCUT2D eigenvalue weighted by Crippen LogP contribution is -2.35. The first kappa shape index (κ1) is 12.5. The summed E-state index contributed by atoms with van der Waals surface area (Å²) in [6.45, 7) is 0.00290. The fourth-order valence-corrected chi connectivity index (χ4v) is 1.24. The van der Waals surface area contributed by atoms with E-state index in [-0.39, 0.29) is 24.8 Å². The summed E-state index contributed by atoms with van der Waals surface area (Å²) in [7, 11) is 1.52. The average molecular weight is 241 g/mol. The van der Waals surface area contributed by atoms with Gasteiger partial charge in [0.2, 0.25) is 11.8 Å². The Balaban J connectivity index is 2.40. The maximum atomic E-state index is 11.4. The normalized spacial score (nSPS) is 9.62. The smallest absolute Gasteiger partial charge is 0.239 e. The highest BCUT2D eigenvalue weighted by atomic mass is 35.5. The monoisotopic (exact) mass is 240 g/mol. The van der Waals surface area contributed by atoms with E-state index in [0.717, 1.165) is 5.56 Å². The van der Waals surface area contributed by atoms with Gasteiger partial charge in [0.05, 0.1) is 13.0 Å². The van der Waals surface area contributed by atoms with Crippen molar-refractivity contribution in [1.82, 2.24) is 10.6 Å². The van der Waals surface area contributed by atoms with E-state index in [0.29, 0.717) is 5.02 Å². The molecule has 0 heterocycles. The summed E-state index contributed by atoms with van der Waals surface area (Å²) in [5, 5.41) is 5.57. The van der Waals surface area contributed by atoms with Crippen molar-refractivity contribution in [2.45, 2.75) is 6.42 Å². The lowest BCUT2D eigenvalue weighted by molar-refractivity contribution is -0.125. The van der Waals surface area contributed by atoms with Crippen LogP contribution in [0.25, 0.3) is 0 Å². The second kappa shape index (κ2) is 6.12. The van der Waals surface area contributed by atoms with E-state index in [9.17, 15) is 9.59 Å². The third-order valence-corrected chi connectivity index (χ3v) is 2.25. The number of nitrogens with one attached hydrogen (secondary N) is 2. The molecule has 1 aromatic rings. The zero-order chi connectivity index (χ0) is 12.0. The van der Waals surface area contributed by atoms with Crippen LogP contribution in [0.2, 0.25) is 5.02 Å². The molecule has 86 valence electrons. The Hall–Kier alpha value is -1.55. The average Bonchev–Trinajstić information content (AvgIpc) is 2.29. The Morgan fingerprint density at radius 1 is 1.19 bits per heavy atom. The molecule has 0 aliphatic rings. The van der Waals surface area contributed by atoms with Gasteiger partial charge in [-0.3, -0.25) is 9.59 Å². The summed E-state index contributed by atoms with van der Waals surface area (Å²) in [5.74, 6) is -0.407. The SMILES string of the molecule is CNC(=O)CNC(=O)Cc1ccc(Cl)cc1. The van der Waals surface area contributed by atoms with Crippen LogP contribution in [0.3, 0.4) is 0 Å². The number of amides is 2. The number of halogens is 1. The quantitative estimate of drug-likeness (QED) is 0.816. The fourth-order valence-electron chi connectivity index (χ4n) is 1.12. The van der Waals surface area contributed by atoms with E-state index >= 15 is 0 Å². The van der Waals surface area contributed by atoms with Crippen LogP contribution < -0.4 is 10.6 Å². The lowest BCUT2D eigenvalue weighted by Gasteiger charge is -2.04. The lowest BCUT2D eigenvalue weighted by atomic mass is 10.1. The van der Waals surface area contributed by atoms with Gasteiger partial charge in [-0.1, -0.05) is 23.7 Å². The molecule has 0 aromatic heterocycles. The number of rotatable bonds is 4. The maximum Gasteiger partial charge on any atom is 0.239 e. The van der Waals surface area contributed by atoms with Crippen LogP contribution in [0, 0.1) is 0 Å². The molecule has 0 atom stereocenters. The molecule has 1 aromatic carbocycles. The van der Waals surface area contributed by atoms with Crippen LogP contribution in [-0.2, 0) is 16.0 Å². The summed E-state index contributed by atoms with van der Waals surface area (Å²) in [4.78, 5) is 22.3. The third-order valence-electron chi connectivity index (χ3n) is 2.00. The summed E-state index contributed by atoms with van der Waals surface area (Å²) < 4.78 is 0. The summed E-state index contributed by atoms with van der Waals surface area (Å²) in [6.07, 6.45) is 0.244.